The molecule has 3 nitrogen and oxygen atoms in total. The van der Waals surface area contributed by atoms with Crippen LogP contribution in [0, 0.1) is 25.5 Å². The van der Waals surface area contributed by atoms with E-state index in [1.165, 1.54) is 6.07 Å². The molecule has 1 N–H and O–H groups in total. The van der Waals surface area contributed by atoms with Gasteiger partial charge in [0.25, 0.3) is 5.91 Å². The van der Waals surface area contributed by atoms with Crippen molar-refractivity contribution in [3.8, 4) is 5.75 Å². The third-order valence-electron chi connectivity index (χ3n) is 3.61. The largest absolute Gasteiger partial charge is 0.481 e. The van der Waals surface area contributed by atoms with E-state index in [4.69, 9.17) is 4.74 Å². The Labute approximate surface area is 134 Å². The van der Waals surface area contributed by atoms with Crippen molar-refractivity contribution in [1.29, 1.82) is 0 Å². The van der Waals surface area contributed by atoms with Gasteiger partial charge in [-0.25, -0.2) is 8.78 Å². The predicted octanol–water partition coefficient (Wildman–Crippen LogP) is 4.38. The van der Waals surface area contributed by atoms with Gasteiger partial charge in [-0.2, -0.15) is 0 Å². The van der Waals surface area contributed by atoms with Crippen molar-refractivity contribution in [2.24, 2.45) is 0 Å². The van der Waals surface area contributed by atoms with E-state index >= 15 is 0 Å². The fourth-order valence-electron chi connectivity index (χ4n) is 2.08. The summed E-state index contributed by atoms with van der Waals surface area (Å²) in [6, 6.07) is 8.55. The van der Waals surface area contributed by atoms with Crippen LogP contribution in [0.1, 0.15) is 24.5 Å². The van der Waals surface area contributed by atoms with E-state index in [0.717, 1.165) is 23.3 Å². The van der Waals surface area contributed by atoms with Crippen molar-refractivity contribution >= 4 is 11.6 Å². The summed E-state index contributed by atoms with van der Waals surface area (Å²) >= 11 is 0. The third kappa shape index (κ3) is 4.28. The molecule has 5 heteroatoms. The van der Waals surface area contributed by atoms with Gasteiger partial charge < -0.3 is 10.1 Å². The van der Waals surface area contributed by atoms with Crippen molar-refractivity contribution in [3.63, 3.8) is 0 Å². The van der Waals surface area contributed by atoms with Crippen molar-refractivity contribution < 1.29 is 18.3 Å². The fourth-order valence-corrected chi connectivity index (χ4v) is 2.08. The highest BCUT2D eigenvalue weighted by Gasteiger charge is 2.20. The molecule has 0 saturated carbocycles. The van der Waals surface area contributed by atoms with E-state index < -0.39 is 23.6 Å². The highest BCUT2D eigenvalue weighted by molar-refractivity contribution is 5.94. The van der Waals surface area contributed by atoms with Crippen LogP contribution in [0.25, 0.3) is 0 Å². The SMILES string of the molecule is CC[C@@H](Oc1ccc(C)c(C)c1)C(=O)Nc1ccc(F)cc1F. The summed E-state index contributed by atoms with van der Waals surface area (Å²) in [4.78, 5) is 12.2. The first-order valence-electron chi connectivity index (χ1n) is 7.40. The van der Waals surface area contributed by atoms with Gasteiger partial charge in [0.15, 0.2) is 6.10 Å². The van der Waals surface area contributed by atoms with Crippen LogP contribution < -0.4 is 10.1 Å². The van der Waals surface area contributed by atoms with Crippen LogP contribution in [0.2, 0.25) is 0 Å². The molecule has 1 atom stereocenters. The summed E-state index contributed by atoms with van der Waals surface area (Å²) in [6.45, 7) is 5.74. The lowest BCUT2D eigenvalue weighted by molar-refractivity contribution is -0.122. The maximum Gasteiger partial charge on any atom is 0.265 e. The number of carbonyl (C=O) groups excluding carboxylic acids is 1. The van der Waals surface area contributed by atoms with Crippen LogP contribution in [-0.2, 0) is 4.79 Å². The molecular formula is C18H19F2NO2. The van der Waals surface area contributed by atoms with Crippen molar-refractivity contribution in [1.82, 2.24) is 0 Å². The minimum atomic E-state index is -0.820. The van der Waals surface area contributed by atoms with Gasteiger partial charge in [-0.1, -0.05) is 13.0 Å². The summed E-state index contributed by atoms with van der Waals surface area (Å²) in [5.41, 5.74) is 2.11. The van der Waals surface area contributed by atoms with E-state index in [1.807, 2.05) is 26.0 Å². The second-order valence-corrected chi connectivity index (χ2v) is 5.37. The molecule has 2 aromatic rings. The summed E-state index contributed by atoms with van der Waals surface area (Å²) in [5.74, 6) is -1.41. The zero-order chi connectivity index (χ0) is 17.0. The van der Waals surface area contributed by atoms with Crippen molar-refractivity contribution in [2.75, 3.05) is 5.32 Å². The topological polar surface area (TPSA) is 38.3 Å². The van der Waals surface area contributed by atoms with E-state index in [1.54, 1.807) is 13.0 Å². The Morgan fingerprint density at radius 2 is 1.87 bits per heavy atom. The minimum Gasteiger partial charge on any atom is -0.481 e. The molecule has 122 valence electrons. The second kappa shape index (κ2) is 7.22. The molecule has 2 aromatic carbocycles. The number of nitrogens with one attached hydrogen (secondary N) is 1. The van der Waals surface area contributed by atoms with Gasteiger partial charge in [-0.15, -0.1) is 0 Å². The van der Waals surface area contributed by atoms with Gasteiger partial charge in [-0.05, 0) is 55.7 Å². The maximum absolute atomic E-state index is 13.6. The first kappa shape index (κ1) is 16.9. The first-order valence-corrected chi connectivity index (χ1v) is 7.40. The lowest BCUT2D eigenvalue weighted by Crippen LogP contribution is -2.32. The zero-order valence-electron chi connectivity index (χ0n) is 13.3. The number of hydrogen-bond acceptors (Lipinski definition) is 2. The van der Waals surface area contributed by atoms with Crippen LogP contribution in [0.15, 0.2) is 36.4 Å². The van der Waals surface area contributed by atoms with E-state index in [9.17, 15) is 13.6 Å². The highest BCUT2D eigenvalue weighted by Crippen LogP contribution is 2.20. The highest BCUT2D eigenvalue weighted by atomic mass is 19.1. The van der Waals surface area contributed by atoms with Crippen LogP contribution in [0.5, 0.6) is 5.75 Å². The quantitative estimate of drug-likeness (QED) is 0.888. The van der Waals surface area contributed by atoms with Gasteiger partial charge in [0.2, 0.25) is 0 Å². The molecule has 0 aliphatic carbocycles. The van der Waals surface area contributed by atoms with E-state index in [2.05, 4.69) is 5.32 Å². The Morgan fingerprint density at radius 3 is 2.48 bits per heavy atom. The number of halogens is 2. The van der Waals surface area contributed by atoms with Gasteiger partial charge in [0, 0.05) is 6.07 Å². The molecule has 2 rings (SSSR count). The summed E-state index contributed by atoms with van der Waals surface area (Å²) in [7, 11) is 0. The maximum atomic E-state index is 13.6. The lowest BCUT2D eigenvalue weighted by atomic mass is 10.1. The van der Waals surface area contributed by atoms with Crippen LogP contribution in [0.3, 0.4) is 0 Å². The van der Waals surface area contributed by atoms with Crippen LogP contribution in [0.4, 0.5) is 14.5 Å². The van der Waals surface area contributed by atoms with Crippen LogP contribution >= 0.6 is 0 Å². The average molecular weight is 319 g/mol. The fraction of sp³-hybridized carbons (Fsp3) is 0.278. The van der Waals surface area contributed by atoms with E-state index in [0.29, 0.717) is 12.2 Å². The van der Waals surface area contributed by atoms with Crippen molar-refractivity contribution in [2.45, 2.75) is 33.3 Å². The minimum absolute atomic E-state index is 0.0708. The molecule has 0 saturated heterocycles. The molecule has 0 radical (unpaired) electrons. The molecule has 0 aromatic heterocycles. The molecule has 0 aliphatic heterocycles. The Bertz CT molecular complexity index is 716. The molecule has 23 heavy (non-hydrogen) atoms. The monoisotopic (exact) mass is 319 g/mol. The number of anilines is 1. The number of rotatable bonds is 5. The lowest BCUT2D eigenvalue weighted by Gasteiger charge is -2.18. The smallest absolute Gasteiger partial charge is 0.265 e. The molecule has 0 fully saturated rings. The Balaban J connectivity index is 2.10. The summed E-state index contributed by atoms with van der Waals surface area (Å²) < 4.78 is 32.2. The third-order valence-corrected chi connectivity index (χ3v) is 3.61. The number of amides is 1. The number of aryl methyl sites for hydroxylation is 2. The standard InChI is InChI=1S/C18H19F2NO2/c1-4-17(23-14-7-5-11(2)12(3)9-14)18(22)21-16-8-6-13(19)10-15(16)20/h5-10,17H,4H2,1-3H3,(H,21,22)/t17-/m1/s1. The number of carbonyl (C=O) groups is 1. The Hall–Kier alpha value is -2.43. The molecule has 0 heterocycles. The predicted molar refractivity (Wildman–Crippen MR) is 85.6 cm³/mol. The molecule has 0 spiro atoms. The molecule has 1 amide bonds. The average Bonchev–Trinajstić information content (AvgIpc) is 2.51. The second-order valence-electron chi connectivity index (χ2n) is 5.37. The van der Waals surface area contributed by atoms with Crippen molar-refractivity contribution in [3.05, 3.63) is 59.2 Å². The Morgan fingerprint density at radius 1 is 1.13 bits per heavy atom. The van der Waals surface area contributed by atoms with Gasteiger partial charge in [0.05, 0.1) is 5.69 Å². The normalized spacial score (nSPS) is 11.9. The molecule has 0 unspecified atom stereocenters. The van der Waals surface area contributed by atoms with Gasteiger partial charge in [-0.3, -0.25) is 4.79 Å². The van der Waals surface area contributed by atoms with E-state index in [-0.39, 0.29) is 5.69 Å². The number of hydrogen-bond donors (Lipinski definition) is 1. The molecular weight excluding hydrogens is 300 g/mol. The number of ether oxygens (including phenoxy) is 1. The molecule has 0 aliphatic rings. The number of benzene rings is 2. The van der Waals surface area contributed by atoms with Gasteiger partial charge >= 0.3 is 0 Å². The summed E-state index contributed by atoms with van der Waals surface area (Å²) in [5, 5.41) is 2.43. The molecule has 0 bridgehead atoms. The summed E-state index contributed by atoms with van der Waals surface area (Å²) in [6.07, 6.45) is -0.344. The van der Waals surface area contributed by atoms with Gasteiger partial charge in [0.1, 0.15) is 17.4 Å². The van der Waals surface area contributed by atoms with Crippen LogP contribution in [-0.4, -0.2) is 12.0 Å². The Kier molecular flexibility index (Phi) is 5.32. The first-order chi connectivity index (χ1) is 10.9. The zero-order valence-corrected chi connectivity index (χ0v) is 13.3.